The summed E-state index contributed by atoms with van der Waals surface area (Å²) in [6, 6.07) is 3.61. The van der Waals surface area contributed by atoms with Gasteiger partial charge in [0.1, 0.15) is 13.2 Å². The molecule has 9 heteroatoms. The molecule has 1 aromatic carbocycles. The average Bonchev–Trinajstić information content (AvgIpc) is 3.10. The summed E-state index contributed by atoms with van der Waals surface area (Å²) < 4.78 is 34.6. The maximum Gasteiger partial charge on any atom is 0.322 e. The first-order chi connectivity index (χ1) is 13.1. The first kappa shape index (κ1) is 17.7. The van der Waals surface area contributed by atoms with Gasteiger partial charge < -0.3 is 23.5 Å². The monoisotopic (exact) mass is 389 g/mol. The fourth-order valence-electron chi connectivity index (χ4n) is 2.98. The van der Waals surface area contributed by atoms with Gasteiger partial charge in [0, 0.05) is 28.9 Å². The molecular formula is C18H19N3O5S. The molecule has 0 spiro atoms. The summed E-state index contributed by atoms with van der Waals surface area (Å²) in [5.74, 6) is 2.64. The highest BCUT2D eigenvalue weighted by Crippen LogP contribution is 2.35. The zero-order valence-corrected chi connectivity index (χ0v) is 16.0. The van der Waals surface area contributed by atoms with Gasteiger partial charge in [-0.15, -0.1) is 0 Å². The highest BCUT2D eigenvalue weighted by Gasteiger charge is 2.23. The number of nitrogens with one attached hydrogen (secondary N) is 1. The third-order valence-electron chi connectivity index (χ3n) is 4.37. The third-order valence-corrected chi connectivity index (χ3v) is 5.53. The molecule has 0 amide bonds. The summed E-state index contributed by atoms with van der Waals surface area (Å²) in [6.45, 7) is 2.88. The molecule has 1 unspecified atom stereocenters. The average molecular weight is 389 g/mol. The lowest BCUT2D eigenvalue weighted by molar-refractivity contribution is 0.172. The van der Waals surface area contributed by atoms with E-state index in [1.54, 1.807) is 26.5 Å². The van der Waals surface area contributed by atoms with Crippen molar-refractivity contribution in [3.05, 3.63) is 29.6 Å². The lowest BCUT2D eigenvalue weighted by atomic mass is 10.2. The number of rotatable bonds is 5. The van der Waals surface area contributed by atoms with Gasteiger partial charge >= 0.3 is 5.16 Å². The molecule has 1 aliphatic heterocycles. The van der Waals surface area contributed by atoms with Crippen LogP contribution in [0.1, 0.15) is 11.3 Å². The summed E-state index contributed by atoms with van der Waals surface area (Å²) in [5.41, 5.74) is 2.88. The number of hydrogen-bond acceptors (Lipinski definition) is 7. The number of methoxy groups -OCH3 is 2. The molecular weight excluding hydrogens is 370 g/mol. The standard InChI is InChI=1S/C18H19N3O5S/c1-10-13(19-8-16(23-2)17(10)24-3)9-27(22)18-20-11-6-14-15(7-12(11)21-18)26-5-4-25-14/h6-8H,4-5,9H2,1-3H3,(H,20,21). The van der Waals surface area contributed by atoms with Crippen molar-refractivity contribution < 1.29 is 23.5 Å². The number of fused-ring (bicyclic) bond motifs is 2. The highest BCUT2D eigenvalue weighted by atomic mass is 32.2. The Hall–Kier alpha value is -2.65. The third kappa shape index (κ3) is 3.24. The fraction of sp³-hybridized carbons (Fsp3) is 0.333. The van der Waals surface area contributed by atoms with Crippen LogP contribution in [-0.2, 0) is 16.9 Å². The lowest BCUT2D eigenvalue weighted by Gasteiger charge is -2.17. The van der Waals surface area contributed by atoms with Crippen LogP contribution in [0.2, 0.25) is 0 Å². The summed E-state index contributed by atoms with van der Waals surface area (Å²) in [6.07, 6.45) is 1.57. The molecule has 3 heterocycles. The first-order valence-electron chi connectivity index (χ1n) is 8.35. The molecule has 0 bridgehead atoms. The molecule has 2 aromatic heterocycles. The van der Waals surface area contributed by atoms with E-state index in [-0.39, 0.29) is 5.75 Å². The Kier molecular flexibility index (Phi) is 4.71. The predicted octanol–water partition coefficient (Wildman–Crippen LogP) is 2.36. The van der Waals surface area contributed by atoms with Crippen LogP contribution in [0.5, 0.6) is 23.0 Å². The fourth-order valence-corrected chi connectivity index (χ4v) is 4.08. The minimum absolute atomic E-state index is 0.207. The zero-order valence-electron chi connectivity index (χ0n) is 15.2. The molecule has 8 nitrogen and oxygen atoms in total. The Morgan fingerprint density at radius 1 is 1.19 bits per heavy atom. The van der Waals surface area contributed by atoms with Gasteiger partial charge in [0.15, 0.2) is 28.8 Å². The van der Waals surface area contributed by atoms with Gasteiger partial charge in [-0.2, -0.15) is 4.98 Å². The van der Waals surface area contributed by atoms with Crippen LogP contribution in [-0.4, -0.2) is 46.9 Å². The molecule has 0 saturated heterocycles. The Bertz CT molecular complexity index is 948. The first-order valence-corrected chi connectivity index (χ1v) is 9.66. The number of pyridine rings is 1. The van der Waals surface area contributed by atoms with Gasteiger partial charge in [-0.3, -0.25) is 9.97 Å². The van der Waals surface area contributed by atoms with Crippen molar-refractivity contribution in [1.29, 1.82) is 0 Å². The van der Waals surface area contributed by atoms with Crippen LogP contribution in [0.4, 0.5) is 0 Å². The molecule has 0 aliphatic carbocycles. The van der Waals surface area contributed by atoms with E-state index in [2.05, 4.69) is 15.0 Å². The van der Waals surface area contributed by atoms with Gasteiger partial charge in [-0.25, -0.2) is 0 Å². The van der Waals surface area contributed by atoms with Crippen molar-refractivity contribution in [2.24, 2.45) is 0 Å². The van der Waals surface area contributed by atoms with Gasteiger partial charge in [0.05, 0.1) is 37.1 Å². The van der Waals surface area contributed by atoms with Crippen LogP contribution in [0.15, 0.2) is 23.5 Å². The molecule has 1 atom stereocenters. The van der Waals surface area contributed by atoms with E-state index >= 15 is 0 Å². The van der Waals surface area contributed by atoms with E-state index in [9.17, 15) is 4.55 Å². The molecule has 4 rings (SSSR count). The van der Waals surface area contributed by atoms with E-state index in [1.807, 2.05) is 13.0 Å². The number of hydrogen-bond donors (Lipinski definition) is 1. The second kappa shape index (κ2) is 7.16. The van der Waals surface area contributed by atoms with Crippen molar-refractivity contribution in [3.63, 3.8) is 0 Å². The Labute approximate surface area is 159 Å². The Morgan fingerprint density at radius 2 is 1.93 bits per heavy atom. The maximum atomic E-state index is 12.9. The quantitative estimate of drug-likeness (QED) is 0.668. The van der Waals surface area contributed by atoms with Gasteiger partial charge in [-0.05, 0) is 6.92 Å². The molecule has 0 radical (unpaired) electrons. The van der Waals surface area contributed by atoms with Gasteiger partial charge in [-0.1, -0.05) is 0 Å². The number of aromatic nitrogens is 3. The number of ether oxygens (including phenoxy) is 4. The molecule has 142 valence electrons. The smallest absolute Gasteiger partial charge is 0.322 e. The van der Waals surface area contributed by atoms with E-state index in [4.69, 9.17) is 18.9 Å². The Morgan fingerprint density at radius 3 is 2.63 bits per heavy atom. The largest absolute Gasteiger partial charge is 0.609 e. The van der Waals surface area contributed by atoms with Gasteiger partial charge in [0.25, 0.3) is 0 Å². The lowest BCUT2D eigenvalue weighted by Crippen LogP contribution is -2.15. The van der Waals surface area contributed by atoms with Crippen LogP contribution in [0, 0.1) is 6.92 Å². The Balaban J connectivity index is 1.62. The topological polar surface area (TPSA) is 102 Å². The molecule has 27 heavy (non-hydrogen) atoms. The minimum Gasteiger partial charge on any atom is -0.609 e. The number of imidazole rings is 1. The predicted molar refractivity (Wildman–Crippen MR) is 99.3 cm³/mol. The second-order valence-corrected chi connectivity index (χ2v) is 7.34. The van der Waals surface area contributed by atoms with E-state index in [0.29, 0.717) is 52.6 Å². The molecule has 0 saturated carbocycles. The summed E-state index contributed by atoms with van der Waals surface area (Å²) in [5, 5.41) is 0.378. The van der Waals surface area contributed by atoms with Gasteiger partial charge in [0.2, 0.25) is 0 Å². The van der Waals surface area contributed by atoms with Crippen molar-refractivity contribution >= 4 is 22.2 Å². The zero-order chi connectivity index (χ0) is 19.0. The van der Waals surface area contributed by atoms with Crippen LogP contribution < -0.4 is 18.9 Å². The number of benzene rings is 1. The van der Waals surface area contributed by atoms with Crippen molar-refractivity contribution in [2.75, 3.05) is 27.4 Å². The molecule has 3 aromatic rings. The SMILES string of the molecule is COc1cnc(C[S+]([O-])c2nc3cc4c(cc3[nH]2)OCCO4)c(C)c1OC. The maximum absolute atomic E-state index is 12.9. The summed E-state index contributed by atoms with van der Waals surface area (Å²) in [7, 11) is 3.12. The van der Waals surface area contributed by atoms with E-state index in [1.165, 1.54) is 0 Å². The van der Waals surface area contributed by atoms with E-state index < -0.39 is 11.2 Å². The van der Waals surface area contributed by atoms with Crippen molar-refractivity contribution in [1.82, 2.24) is 15.0 Å². The second-order valence-electron chi connectivity index (χ2n) is 5.98. The normalized spacial score (nSPS) is 14.2. The number of aromatic amines is 1. The highest BCUT2D eigenvalue weighted by molar-refractivity contribution is 7.90. The summed E-state index contributed by atoms with van der Waals surface area (Å²) in [4.78, 5) is 11.9. The van der Waals surface area contributed by atoms with E-state index in [0.717, 1.165) is 11.1 Å². The molecule has 1 aliphatic rings. The van der Waals surface area contributed by atoms with Crippen molar-refractivity contribution in [3.8, 4) is 23.0 Å². The minimum atomic E-state index is -1.40. The van der Waals surface area contributed by atoms with Crippen LogP contribution >= 0.6 is 0 Å². The molecule has 0 fully saturated rings. The van der Waals surface area contributed by atoms with Crippen molar-refractivity contribution in [2.45, 2.75) is 17.8 Å². The van der Waals surface area contributed by atoms with Crippen LogP contribution in [0.3, 0.4) is 0 Å². The number of nitrogens with zero attached hydrogens (tertiary/aromatic N) is 2. The number of H-pyrrole nitrogens is 1. The van der Waals surface area contributed by atoms with Crippen LogP contribution in [0.25, 0.3) is 11.0 Å². The molecule has 1 N–H and O–H groups in total. The summed E-state index contributed by atoms with van der Waals surface area (Å²) >= 11 is -1.40.